The van der Waals surface area contributed by atoms with E-state index in [1.165, 1.54) is 25.1 Å². The molecule has 0 radical (unpaired) electrons. The van der Waals surface area contributed by atoms with Gasteiger partial charge in [-0.25, -0.2) is 0 Å². The molecule has 0 bridgehead atoms. The van der Waals surface area contributed by atoms with E-state index in [2.05, 4.69) is 17.9 Å². The summed E-state index contributed by atoms with van der Waals surface area (Å²) < 4.78 is 5.02. The second-order valence-electron chi connectivity index (χ2n) is 3.22. The van der Waals surface area contributed by atoms with Crippen molar-refractivity contribution in [3.63, 3.8) is 0 Å². The van der Waals surface area contributed by atoms with Crippen LogP contribution >= 0.6 is 0 Å². The quantitative estimate of drug-likeness (QED) is 0.597. The third-order valence-corrected chi connectivity index (χ3v) is 2.38. The molecule has 0 aromatic rings. The third-order valence-electron chi connectivity index (χ3n) is 2.38. The van der Waals surface area contributed by atoms with Gasteiger partial charge in [-0.1, -0.05) is 6.08 Å². The van der Waals surface area contributed by atoms with Gasteiger partial charge >= 0.3 is 0 Å². The number of ether oxygens (including phenoxy) is 1. The van der Waals surface area contributed by atoms with Crippen molar-refractivity contribution in [2.45, 2.75) is 26.2 Å². The Hall–Kier alpha value is -0.500. The number of hydrogen-bond donors (Lipinski definition) is 0. The second kappa shape index (κ2) is 5.20. The predicted octanol–water partition coefficient (Wildman–Crippen LogP) is 2.02. The molecule has 1 fully saturated rings. The molecule has 1 aliphatic rings. The first-order chi connectivity index (χ1) is 5.88. The van der Waals surface area contributed by atoms with Crippen LogP contribution in [0.15, 0.2) is 11.8 Å². The van der Waals surface area contributed by atoms with Crippen molar-refractivity contribution >= 4 is 0 Å². The van der Waals surface area contributed by atoms with E-state index in [0.717, 1.165) is 19.6 Å². The normalized spacial score (nSPS) is 20.8. The van der Waals surface area contributed by atoms with E-state index in [1.807, 2.05) is 0 Å². The van der Waals surface area contributed by atoms with Crippen molar-refractivity contribution in [1.82, 2.24) is 4.90 Å². The Kier molecular flexibility index (Phi) is 4.15. The fourth-order valence-electron chi connectivity index (χ4n) is 1.73. The minimum atomic E-state index is 0.882. The molecule has 1 saturated heterocycles. The monoisotopic (exact) mass is 169 g/mol. The van der Waals surface area contributed by atoms with Crippen molar-refractivity contribution < 1.29 is 4.74 Å². The Morgan fingerprint density at radius 2 is 2.42 bits per heavy atom. The SMILES string of the molecule is CC=C1CCCN1CCCOC. The Bertz CT molecular complexity index is 154. The highest BCUT2D eigenvalue weighted by atomic mass is 16.5. The van der Waals surface area contributed by atoms with Gasteiger partial charge in [0.2, 0.25) is 0 Å². The lowest BCUT2D eigenvalue weighted by atomic mass is 10.3. The van der Waals surface area contributed by atoms with Gasteiger partial charge in [0, 0.05) is 32.5 Å². The van der Waals surface area contributed by atoms with Crippen LogP contribution < -0.4 is 0 Å². The minimum Gasteiger partial charge on any atom is -0.385 e. The standard InChI is InChI=1S/C10H19NO/c1-3-10-6-4-7-11(10)8-5-9-12-2/h3H,4-9H2,1-2H3. The number of nitrogens with zero attached hydrogens (tertiary/aromatic N) is 1. The first-order valence-corrected chi connectivity index (χ1v) is 4.77. The van der Waals surface area contributed by atoms with Crippen molar-refractivity contribution in [3.8, 4) is 0 Å². The van der Waals surface area contributed by atoms with E-state index < -0.39 is 0 Å². The summed E-state index contributed by atoms with van der Waals surface area (Å²) in [6, 6.07) is 0. The molecule has 0 spiro atoms. The fourth-order valence-corrected chi connectivity index (χ4v) is 1.73. The highest BCUT2D eigenvalue weighted by Gasteiger charge is 2.14. The highest BCUT2D eigenvalue weighted by molar-refractivity contribution is 5.04. The van der Waals surface area contributed by atoms with Gasteiger partial charge in [-0.3, -0.25) is 0 Å². The molecule has 0 amide bonds. The topological polar surface area (TPSA) is 12.5 Å². The summed E-state index contributed by atoms with van der Waals surface area (Å²) >= 11 is 0. The average molecular weight is 169 g/mol. The van der Waals surface area contributed by atoms with E-state index in [9.17, 15) is 0 Å². The van der Waals surface area contributed by atoms with E-state index in [4.69, 9.17) is 4.74 Å². The van der Waals surface area contributed by atoms with Crippen LogP contribution in [0, 0.1) is 0 Å². The molecule has 70 valence electrons. The zero-order valence-electron chi connectivity index (χ0n) is 8.18. The molecule has 1 aliphatic heterocycles. The van der Waals surface area contributed by atoms with Crippen LogP contribution in [0.4, 0.5) is 0 Å². The summed E-state index contributed by atoms with van der Waals surface area (Å²) in [5, 5.41) is 0. The maximum absolute atomic E-state index is 5.02. The molecule has 1 heterocycles. The molecule has 0 atom stereocenters. The molecular formula is C10H19NO. The van der Waals surface area contributed by atoms with Gasteiger partial charge in [0.05, 0.1) is 0 Å². The average Bonchev–Trinajstić information content (AvgIpc) is 2.52. The van der Waals surface area contributed by atoms with Crippen molar-refractivity contribution in [3.05, 3.63) is 11.8 Å². The van der Waals surface area contributed by atoms with Crippen LogP contribution in [0.5, 0.6) is 0 Å². The molecule has 0 unspecified atom stereocenters. The Morgan fingerprint density at radius 3 is 3.08 bits per heavy atom. The summed E-state index contributed by atoms with van der Waals surface area (Å²) in [7, 11) is 1.76. The number of allylic oxidation sites excluding steroid dienone is 2. The van der Waals surface area contributed by atoms with Crippen LogP contribution in [-0.4, -0.2) is 31.7 Å². The zero-order valence-corrected chi connectivity index (χ0v) is 8.18. The number of rotatable bonds is 4. The maximum Gasteiger partial charge on any atom is 0.0479 e. The van der Waals surface area contributed by atoms with Crippen LogP contribution in [0.25, 0.3) is 0 Å². The molecule has 0 aliphatic carbocycles. The Labute approximate surface area is 75.2 Å². The second-order valence-corrected chi connectivity index (χ2v) is 3.22. The van der Waals surface area contributed by atoms with Crippen LogP contribution in [0.1, 0.15) is 26.2 Å². The number of likely N-dealkylation sites (tertiary alicyclic amines) is 1. The third kappa shape index (κ3) is 2.52. The van der Waals surface area contributed by atoms with E-state index >= 15 is 0 Å². The molecule has 12 heavy (non-hydrogen) atoms. The molecule has 0 saturated carbocycles. The van der Waals surface area contributed by atoms with E-state index in [0.29, 0.717) is 0 Å². The zero-order chi connectivity index (χ0) is 8.81. The van der Waals surface area contributed by atoms with Crippen LogP contribution in [0.3, 0.4) is 0 Å². The van der Waals surface area contributed by atoms with Crippen molar-refractivity contribution in [2.75, 3.05) is 26.8 Å². The summed E-state index contributed by atoms with van der Waals surface area (Å²) in [5.41, 5.74) is 1.52. The number of hydrogen-bond acceptors (Lipinski definition) is 2. The van der Waals surface area contributed by atoms with Crippen molar-refractivity contribution in [1.29, 1.82) is 0 Å². The number of methoxy groups -OCH3 is 1. The summed E-state index contributed by atoms with van der Waals surface area (Å²) in [5.74, 6) is 0. The Morgan fingerprint density at radius 1 is 1.58 bits per heavy atom. The van der Waals surface area contributed by atoms with E-state index in [-0.39, 0.29) is 0 Å². The molecule has 2 heteroatoms. The van der Waals surface area contributed by atoms with Gasteiger partial charge in [0.1, 0.15) is 0 Å². The molecular weight excluding hydrogens is 150 g/mol. The smallest absolute Gasteiger partial charge is 0.0479 e. The predicted molar refractivity (Wildman–Crippen MR) is 51.1 cm³/mol. The Balaban J connectivity index is 2.22. The van der Waals surface area contributed by atoms with Gasteiger partial charge in [-0.2, -0.15) is 0 Å². The summed E-state index contributed by atoms with van der Waals surface area (Å²) in [6.45, 7) is 5.41. The van der Waals surface area contributed by atoms with Crippen LogP contribution in [0.2, 0.25) is 0 Å². The van der Waals surface area contributed by atoms with Crippen molar-refractivity contribution in [2.24, 2.45) is 0 Å². The minimum absolute atomic E-state index is 0.882. The molecule has 2 nitrogen and oxygen atoms in total. The molecule has 1 rings (SSSR count). The van der Waals surface area contributed by atoms with Gasteiger partial charge in [-0.05, 0) is 26.2 Å². The van der Waals surface area contributed by atoms with Gasteiger partial charge in [0.25, 0.3) is 0 Å². The van der Waals surface area contributed by atoms with Crippen LogP contribution in [-0.2, 0) is 4.74 Å². The molecule has 0 aromatic carbocycles. The molecule has 0 N–H and O–H groups in total. The van der Waals surface area contributed by atoms with Gasteiger partial charge in [0.15, 0.2) is 0 Å². The van der Waals surface area contributed by atoms with Gasteiger partial charge < -0.3 is 9.64 Å². The summed E-state index contributed by atoms with van der Waals surface area (Å²) in [6.07, 6.45) is 5.98. The first kappa shape index (κ1) is 9.59. The molecule has 0 aromatic heterocycles. The van der Waals surface area contributed by atoms with E-state index in [1.54, 1.807) is 7.11 Å². The largest absolute Gasteiger partial charge is 0.385 e. The fraction of sp³-hybridized carbons (Fsp3) is 0.800. The van der Waals surface area contributed by atoms with Gasteiger partial charge in [-0.15, -0.1) is 0 Å². The maximum atomic E-state index is 5.02. The lowest BCUT2D eigenvalue weighted by Gasteiger charge is -2.19. The first-order valence-electron chi connectivity index (χ1n) is 4.77. The summed E-state index contributed by atoms with van der Waals surface area (Å²) in [4.78, 5) is 2.47. The lowest BCUT2D eigenvalue weighted by molar-refractivity contribution is 0.184. The lowest BCUT2D eigenvalue weighted by Crippen LogP contribution is -2.19. The highest BCUT2D eigenvalue weighted by Crippen LogP contribution is 2.20.